The van der Waals surface area contributed by atoms with Crippen LogP contribution in [0.3, 0.4) is 0 Å². The van der Waals surface area contributed by atoms with Crippen molar-refractivity contribution in [3.63, 3.8) is 0 Å². The first-order valence-electron chi connectivity index (χ1n) is 10.4. The molecule has 3 heterocycles. The van der Waals surface area contributed by atoms with Gasteiger partial charge in [-0.05, 0) is 24.6 Å². The first-order chi connectivity index (χ1) is 16.0. The minimum absolute atomic E-state index is 0.0748. The number of rotatable bonds is 7. The molecule has 1 fully saturated rings. The molecule has 2 aromatic rings. The van der Waals surface area contributed by atoms with Gasteiger partial charge in [0.1, 0.15) is 12.1 Å². The Morgan fingerprint density at radius 1 is 1.36 bits per heavy atom. The number of hydrogen-bond donors (Lipinski definition) is 2. The van der Waals surface area contributed by atoms with Crippen LogP contribution in [0.25, 0.3) is 0 Å². The molecule has 174 valence electrons. The number of carbonyl (C=O) groups excluding carboxylic acids is 1. The van der Waals surface area contributed by atoms with Gasteiger partial charge in [0.25, 0.3) is 0 Å². The van der Waals surface area contributed by atoms with E-state index in [0.29, 0.717) is 40.3 Å². The summed E-state index contributed by atoms with van der Waals surface area (Å²) in [6.07, 6.45) is 1.67. The highest BCUT2D eigenvalue weighted by Gasteiger charge is 2.36. The maximum Gasteiger partial charge on any atom is 0.338 e. The summed E-state index contributed by atoms with van der Waals surface area (Å²) in [5.41, 5.74) is 1.61. The van der Waals surface area contributed by atoms with Gasteiger partial charge in [-0.2, -0.15) is 0 Å². The third kappa shape index (κ3) is 5.25. The molecule has 2 atom stereocenters. The predicted molar refractivity (Wildman–Crippen MR) is 123 cm³/mol. The Kier molecular flexibility index (Phi) is 7.39. The van der Waals surface area contributed by atoms with Crippen LogP contribution in [0.15, 0.2) is 52.1 Å². The Labute approximate surface area is 199 Å². The number of nitrogens with zero attached hydrogens (tertiary/aromatic N) is 3. The maximum atomic E-state index is 13.1. The standard InChI is InChI=1S/C22H23ClN4O5S/c1-2-32-22(30)17-15(11-27-8-9-31-12-16(27)21(28)29)25-19(20-24-7-10-33-20)26-18(17)13-3-5-14(23)6-4-13/h3-7,10,16,18H,2,8-9,11-12H2,1H3,(H,25,26)(H,28,29)/t16-,18-/m0/s1. The number of thiazole rings is 1. The van der Waals surface area contributed by atoms with Crippen molar-refractivity contribution in [1.29, 1.82) is 0 Å². The first kappa shape index (κ1) is 23.4. The van der Waals surface area contributed by atoms with Crippen LogP contribution in [0.2, 0.25) is 5.02 Å². The molecule has 0 radical (unpaired) electrons. The number of aromatic nitrogens is 1. The van der Waals surface area contributed by atoms with Crippen molar-refractivity contribution in [3.8, 4) is 0 Å². The van der Waals surface area contributed by atoms with Gasteiger partial charge >= 0.3 is 11.9 Å². The number of aliphatic carboxylic acids is 1. The molecule has 2 aliphatic heterocycles. The minimum atomic E-state index is -0.980. The number of amidine groups is 1. The van der Waals surface area contributed by atoms with Gasteiger partial charge in [-0.1, -0.05) is 23.7 Å². The number of esters is 1. The molecule has 0 spiro atoms. The lowest BCUT2D eigenvalue weighted by atomic mass is 9.95. The van der Waals surface area contributed by atoms with Crippen molar-refractivity contribution >= 4 is 40.7 Å². The van der Waals surface area contributed by atoms with Crippen molar-refractivity contribution in [2.75, 3.05) is 32.9 Å². The molecule has 0 bridgehead atoms. The molecule has 9 nitrogen and oxygen atoms in total. The van der Waals surface area contributed by atoms with Crippen LogP contribution in [0, 0.1) is 0 Å². The fourth-order valence-electron chi connectivity index (χ4n) is 3.76. The molecule has 0 amide bonds. The van der Waals surface area contributed by atoms with Gasteiger partial charge < -0.3 is 19.9 Å². The summed E-state index contributed by atoms with van der Waals surface area (Å²) < 4.78 is 10.7. The third-order valence-corrected chi connectivity index (χ3v) is 6.36. The number of carbonyl (C=O) groups is 2. The largest absolute Gasteiger partial charge is 0.480 e. The summed E-state index contributed by atoms with van der Waals surface area (Å²) in [6, 6.07) is 5.61. The summed E-state index contributed by atoms with van der Waals surface area (Å²) in [5, 5.41) is 16.0. The lowest BCUT2D eigenvalue weighted by molar-refractivity contribution is -0.149. The van der Waals surface area contributed by atoms with Gasteiger partial charge in [0.05, 0.1) is 25.4 Å². The zero-order valence-corrected chi connectivity index (χ0v) is 19.4. The first-order valence-corrected chi connectivity index (χ1v) is 11.7. The highest BCUT2D eigenvalue weighted by molar-refractivity contribution is 7.11. The zero-order chi connectivity index (χ0) is 23.4. The van der Waals surface area contributed by atoms with E-state index in [1.54, 1.807) is 30.2 Å². The molecule has 11 heteroatoms. The SMILES string of the molecule is CCOC(=O)C1=C(CN2CCOC[C@H]2C(=O)O)NC(c2nccs2)=N[C@H]1c1ccc(Cl)cc1. The second kappa shape index (κ2) is 10.4. The molecule has 33 heavy (non-hydrogen) atoms. The Morgan fingerprint density at radius 2 is 2.15 bits per heavy atom. The zero-order valence-electron chi connectivity index (χ0n) is 17.9. The fourth-order valence-corrected chi connectivity index (χ4v) is 4.48. The number of halogens is 1. The fraction of sp³-hybridized carbons (Fsp3) is 0.364. The number of carboxylic acids is 1. The average molecular weight is 491 g/mol. The van der Waals surface area contributed by atoms with E-state index in [4.69, 9.17) is 26.1 Å². The van der Waals surface area contributed by atoms with Crippen molar-refractivity contribution in [1.82, 2.24) is 15.2 Å². The highest BCUT2D eigenvalue weighted by atomic mass is 35.5. The van der Waals surface area contributed by atoms with Crippen LogP contribution in [-0.4, -0.2) is 71.7 Å². The smallest absolute Gasteiger partial charge is 0.338 e. The number of aliphatic imine (C=N–C) groups is 1. The molecule has 2 aliphatic rings. The van der Waals surface area contributed by atoms with Crippen molar-refractivity contribution in [2.24, 2.45) is 4.99 Å². The second-order valence-corrected chi connectivity index (χ2v) is 8.74. The summed E-state index contributed by atoms with van der Waals surface area (Å²) >= 11 is 7.49. The van der Waals surface area contributed by atoms with Crippen LogP contribution < -0.4 is 5.32 Å². The van der Waals surface area contributed by atoms with Crippen LogP contribution in [0.4, 0.5) is 0 Å². The second-order valence-electron chi connectivity index (χ2n) is 7.41. The Balaban J connectivity index is 1.80. The average Bonchev–Trinajstić information content (AvgIpc) is 3.34. The molecule has 2 N–H and O–H groups in total. The van der Waals surface area contributed by atoms with E-state index < -0.39 is 24.0 Å². The molecule has 4 rings (SSSR count). The van der Waals surface area contributed by atoms with Crippen LogP contribution >= 0.6 is 22.9 Å². The van der Waals surface area contributed by atoms with Crippen molar-refractivity contribution in [2.45, 2.75) is 19.0 Å². The van der Waals surface area contributed by atoms with E-state index >= 15 is 0 Å². The van der Waals surface area contributed by atoms with E-state index in [1.807, 2.05) is 17.5 Å². The number of morpholine rings is 1. The molecule has 1 aromatic carbocycles. The van der Waals surface area contributed by atoms with Gasteiger partial charge in [-0.3, -0.25) is 14.7 Å². The third-order valence-electron chi connectivity index (χ3n) is 5.33. The summed E-state index contributed by atoms with van der Waals surface area (Å²) in [5.74, 6) is -0.984. The number of carboxylic acid groups (broad SMARTS) is 1. The Morgan fingerprint density at radius 3 is 2.82 bits per heavy atom. The van der Waals surface area contributed by atoms with Gasteiger partial charge in [-0.25, -0.2) is 9.78 Å². The maximum absolute atomic E-state index is 13.1. The monoisotopic (exact) mass is 490 g/mol. The summed E-state index contributed by atoms with van der Waals surface area (Å²) in [7, 11) is 0. The normalized spacial score (nSPS) is 21.3. The topological polar surface area (TPSA) is 113 Å². The van der Waals surface area contributed by atoms with Gasteiger partial charge in [0.2, 0.25) is 0 Å². The molecule has 1 aromatic heterocycles. The molecule has 0 saturated carbocycles. The van der Waals surface area contributed by atoms with Crippen molar-refractivity contribution < 1.29 is 24.2 Å². The summed E-state index contributed by atoms with van der Waals surface area (Å²) in [6.45, 7) is 3.00. The lowest BCUT2D eigenvalue weighted by Gasteiger charge is -2.35. The Bertz CT molecular complexity index is 1070. The molecule has 0 unspecified atom stereocenters. The summed E-state index contributed by atoms with van der Waals surface area (Å²) in [4.78, 5) is 35.8. The number of hydrogen-bond acceptors (Lipinski definition) is 9. The predicted octanol–water partition coefficient (Wildman–Crippen LogP) is 2.49. The number of benzene rings is 1. The highest BCUT2D eigenvalue weighted by Crippen LogP contribution is 2.34. The molecule has 0 aliphatic carbocycles. The van der Waals surface area contributed by atoms with E-state index in [1.165, 1.54) is 11.3 Å². The van der Waals surface area contributed by atoms with E-state index in [9.17, 15) is 14.7 Å². The van der Waals surface area contributed by atoms with Crippen LogP contribution in [0.1, 0.15) is 23.5 Å². The van der Waals surface area contributed by atoms with Gasteiger partial charge in [0, 0.05) is 35.4 Å². The lowest BCUT2D eigenvalue weighted by Crippen LogP contribution is -2.52. The number of nitrogens with one attached hydrogen (secondary N) is 1. The van der Waals surface area contributed by atoms with Crippen molar-refractivity contribution in [3.05, 3.63) is 62.7 Å². The van der Waals surface area contributed by atoms with Crippen LogP contribution in [-0.2, 0) is 19.1 Å². The quantitative estimate of drug-likeness (QED) is 0.569. The van der Waals surface area contributed by atoms with E-state index in [0.717, 1.165) is 5.56 Å². The molecule has 1 saturated heterocycles. The van der Waals surface area contributed by atoms with Gasteiger partial charge in [-0.15, -0.1) is 11.3 Å². The van der Waals surface area contributed by atoms with E-state index in [-0.39, 0.29) is 19.8 Å². The van der Waals surface area contributed by atoms with Crippen LogP contribution in [0.5, 0.6) is 0 Å². The Hall–Kier alpha value is -2.79. The van der Waals surface area contributed by atoms with Gasteiger partial charge in [0.15, 0.2) is 10.8 Å². The van der Waals surface area contributed by atoms with E-state index in [2.05, 4.69) is 10.3 Å². The minimum Gasteiger partial charge on any atom is -0.480 e. The molecular formula is C22H23ClN4O5S. The number of ether oxygens (including phenoxy) is 2. The molecular weight excluding hydrogens is 468 g/mol.